The first-order valence-electron chi connectivity index (χ1n) is 9.37. The number of aromatic nitrogens is 3. The van der Waals surface area contributed by atoms with Crippen LogP contribution < -0.4 is 9.80 Å². The number of benzene rings is 1. The van der Waals surface area contributed by atoms with Gasteiger partial charge in [-0.25, -0.2) is 0 Å². The topological polar surface area (TPSA) is 67.4 Å². The molecule has 0 unspecified atom stereocenters. The normalized spacial score (nSPS) is 13.8. The van der Waals surface area contributed by atoms with Crippen LogP contribution in [0.25, 0.3) is 0 Å². The third kappa shape index (κ3) is 4.06. The summed E-state index contributed by atoms with van der Waals surface area (Å²) in [5, 5.41) is 9.51. The summed E-state index contributed by atoms with van der Waals surface area (Å²) in [7, 11) is 1.79. The van der Waals surface area contributed by atoms with Gasteiger partial charge >= 0.3 is 0 Å². The number of para-hydroxylation sites is 1. The molecule has 1 aliphatic heterocycles. The van der Waals surface area contributed by atoms with Gasteiger partial charge in [0.05, 0.1) is 18.6 Å². The maximum absolute atomic E-state index is 12.6. The maximum atomic E-state index is 12.6. The molecule has 0 radical (unpaired) electrons. The Labute approximate surface area is 168 Å². The molecule has 1 fully saturated rings. The van der Waals surface area contributed by atoms with E-state index in [0.29, 0.717) is 12.3 Å². The zero-order chi connectivity index (χ0) is 19.3. The average molecular weight is 398 g/mol. The molecule has 4 rings (SSSR count). The molecule has 0 atom stereocenters. The number of rotatable bonds is 7. The van der Waals surface area contributed by atoms with Crippen LogP contribution in [0.1, 0.15) is 18.6 Å². The van der Waals surface area contributed by atoms with Crippen molar-refractivity contribution in [2.75, 3.05) is 35.7 Å². The van der Waals surface area contributed by atoms with Crippen molar-refractivity contribution in [1.82, 2.24) is 14.8 Å². The summed E-state index contributed by atoms with van der Waals surface area (Å²) in [5.41, 5.74) is 0.878. The third-order valence-corrected chi connectivity index (χ3v) is 5.77. The third-order valence-electron chi connectivity index (χ3n) is 4.82. The quantitative estimate of drug-likeness (QED) is 0.570. The van der Waals surface area contributed by atoms with Crippen LogP contribution in [-0.4, -0.2) is 46.6 Å². The largest absolute Gasteiger partial charge is 0.467 e. The SMILES string of the molecule is CN(C(=O)CSc1nnc(N2CCCC2)n1Cc1ccco1)c1ccccc1. The Morgan fingerprint density at radius 1 is 1.14 bits per heavy atom. The molecule has 146 valence electrons. The van der Waals surface area contributed by atoms with E-state index < -0.39 is 0 Å². The lowest BCUT2D eigenvalue weighted by Gasteiger charge is -2.18. The first kappa shape index (κ1) is 18.6. The lowest BCUT2D eigenvalue weighted by Crippen LogP contribution is -2.28. The molecule has 0 aliphatic carbocycles. The van der Waals surface area contributed by atoms with Gasteiger partial charge in [-0.2, -0.15) is 0 Å². The van der Waals surface area contributed by atoms with E-state index in [0.717, 1.165) is 48.5 Å². The van der Waals surface area contributed by atoms with E-state index in [1.54, 1.807) is 18.2 Å². The van der Waals surface area contributed by atoms with Gasteiger partial charge < -0.3 is 14.2 Å². The van der Waals surface area contributed by atoms with Crippen molar-refractivity contribution < 1.29 is 9.21 Å². The van der Waals surface area contributed by atoms with Crippen molar-refractivity contribution in [1.29, 1.82) is 0 Å². The molecule has 8 heteroatoms. The average Bonchev–Trinajstić information content (AvgIpc) is 3.49. The molecule has 28 heavy (non-hydrogen) atoms. The van der Waals surface area contributed by atoms with E-state index >= 15 is 0 Å². The van der Waals surface area contributed by atoms with Crippen LogP contribution >= 0.6 is 11.8 Å². The minimum absolute atomic E-state index is 0.0199. The van der Waals surface area contributed by atoms with Gasteiger partial charge in [0.25, 0.3) is 0 Å². The molecular weight excluding hydrogens is 374 g/mol. The second kappa shape index (κ2) is 8.52. The van der Waals surface area contributed by atoms with Crippen molar-refractivity contribution in [2.45, 2.75) is 24.5 Å². The first-order chi connectivity index (χ1) is 13.7. The fourth-order valence-electron chi connectivity index (χ4n) is 3.25. The Balaban J connectivity index is 1.49. The number of carbonyl (C=O) groups excluding carboxylic acids is 1. The van der Waals surface area contributed by atoms with Gasteiger partial charge in [0.2, 0.25) is 11.9 Å². The number of hydrogen-bond acceptors (Lipinski definition) is 6. The van der Waals surface area contributed by atoms with Crippen LogP contribution in [0.4, 0.5) is 11.6 Å². The van der Waals surface area contributed by atoms with Crippen molar-refractivity contribution >= 4 is 29.3 Å². The summed E-state index contributed by atoms with van der Waals surface area (Å²) >= 11 is 1.41. The van der Waals surface area contributed by atoms with Gasteiger partial charge in [0.1, 0.15) is 5.76 Å². The molecule has 3 aromatic rings. The minimum Gasteiger partial charge on any atom is -0.467 e. The first-order valence-corrected chi connectivity index (χ1v) is 10.4. The highest BCUT2D eigenvalue weighted by Crippen LogP contribution is 2.26. The zero-order valence-electron chi connectivity index (χ0n) is 15.8. The number of hydrogen-bond donors (Lipinski definition) is 0. The molecule has 0 bridgehead atoms. The highest BCUT2D eigenvalue weighted by atomic mass is 32.2. The highest BCUT2D eigenvalue weighted by molar-refractivity contribution is 7.99. The van der Waals surface area contributed by atoms with Crippen molar-refractivity contribution in [3.05, 3.63) is 54.5 Å². The fraction of sp³-hybridized carbons (Fsp3) is 0.350. The molecule has 1 aromatic carbocycles. The number of furan rings is 1. The monoisotopic (exact) mass is 397 g/mol. The lowest BCUT2D eigenvalue weighted by molar-refractivity contribution is -0.115. The van der Waals surface area contributed by atoms with Gasteiger partial charge in [0, 0.05) is 25.8 Å². The van der Waals surface area contributed by atoms with Crippen LogP contribution in [0.5, 0.6) is 0 Å². The summed E-state index contributed by atoms with van der Waals surface area (Å²) in [5.74, 6) is 2.00. The van der Waals surface area contributed by atoms with Crippen LogP contribution in [-0.2, 0) is 11.3 Å². The van der Waals surface area contributed by atoms with E-state index in [-0.39, 0.29) is 5.91 Å². The summed E-state index contributed by atoms with van der Waals surface area (Å²) in [6.45, 7) is 2.52. The fourth-order valence-corrected chi connectivity index (χ4v) is 4.10. The smallest absolute Gasteiger partial charge is 0.237 e. The Bertz CT molecular complexity index is 904. The highest BCUT2D eigenvalue weighted by Gasteiger charge is 2.23. The number of amides is 1. The number of thioether (sulfide) groups is 1. The van der Waals surface area contributed by atoms with E-state index in [1.165, 1.54) is 11.8 Å². The predicted molar refractivity (Wildman–Crippen MR) is 110 cm³/mol. The van der Waals surface area contributed by atoms with Gasteiger partial charge in [-0.1, -0.05) is 30.0 Å². The second-order valence-corrected chi connectivity index (χ2v) is 7.66. The molecule has 1 amide bonds. The van der Waals surface area contributed by atoms with E-state index in [4.69, 9.17) is 4.42 Å². The lowest BCUT2D eigenvalue weighted by atomic mass is 10.3. The van der Waals surface area contributed by atoms with E-state index in [1.807, 2.05) is 47.0 Å². The summed E-state index contributed by atoms with van der Waals surface area (Å²) in [4.78, 5) is 16.5. The molecule has 0 N–H and O–H groups in total. The van der Waals surface area contributed by atoms with Gasteiger partial charge in [0.15, 0.2) is 5.16 Å². The molecule has 1 aliphatic rings. The van der Waals surface area contributed by atoms with Gasteiger partial charge in [-0.3, -0.25) is 9.36 Å². The second-order valence-electron chi connectivity index (χ2n) is 6.72. The molecular formula is C20H23N5O2S. The zero-order valence-corrected chi connectivity index (χ0v) is 16.6. The summed E-state index contributed by atoms with van der Waals surface area (Å²) < 4.78 is 7.57. The number of carbonyl (C=O) groups is 1. The Morgan fingerprint density at radius 2 is 1.93 bits per heavy atom. The van der Waals surface area contributed by atoms with Crippen molar-refractivity contribution in [3.8, 4) is 0 Å². The predicted octanol–water partition coefficient (Wildman–Crippen LogP) is 3.27. The molecule has 1 saturated heterocycles. The Kier molecular flexibility index (Phi) is 5.66. The Morgan fingerprint density at radius 3 is 2.64 bits per heavy atom. The molecule has 0 saturated carbocycles. The van der Waals surface area contributed by atoms with E-state index in [2.05, 4.69) is 15.1 Å². The van der Waals surface area contributed by atoms with Crippen molar-refractivity contribution in [3.63, 3.8) is 0 Å². The van der Waals surface area contributed by atoms with Crippen LogP contribution in [0.2, 0.25) is 0 Å². The molecule has 2 aromatic heterocycles. The van der Waals surface area contributed by atoms with E-state index in [9.17, 15) is 4.79 Å². The van der Waals surface area contributed by atoms with Crippen molar-refractivity contribution in [2.24, 2.45) is 0 Å². The van der Waals surface area contributed by atoms with Gasteiger partial charge in [-0.15, -0.1) is 10.2 Å². The maximum Gasteiger partial charge on any atom is 0.237 e. The molecule has 7 nitrogen and oxygen atoms in total. The number of nitrogens with zero attached hydrogens (tertiary/aromatic N) is 5. The van der Waals surface area contributed by atoms with Crippen LogP contribution in [0, 0.1) is 0 Å². The molecule has 0 spiro atoms. The number of anilines is 2. The minimum atomic E-state index is 0.0199. The summed E-state index contributed by atoms with van der Waals surface area (Å²) in [6, 6.07) is 13.5. The summed E-state index contributed by atoms with van der Waals surface area (Å²) in [6.07, 6.45) is 3.99. The molecule has 3 heterocycles. The standard InChI is InChI=1S/C20H23N5O2S/c1-23(16-8-3-2-4-9-16)18(26)15-28-20-22-21-19(24-11-5-6-12-24)25(20)14-17-10-7-13-27-17/h2-4,7-10,13H,5-6,11-12,14-15H2,1H3. The Hall–Kier alpha value is -2.74. The van der Waals surface area contributed by atoms with Crippen LogP contribution in [0.3, 0.4) is 0 Å². The van der Waals surface area contributed by atoms with Gasteiger partial charge in [-0.05, 0) is 37.1 Å². The van der Waals surface area contributed by atoms with Crippen LogP contribution in [0.15, 0.2) is 58.3 Å².